The van der Waals surface area contributed by atoms with Gasteiger partial charge in [-0.15, -0.1) is 0 Å². The van der Waals surface area contributed by atoms with Crippen LogP contribution in [0.15, 0.2) is 18.2 Å². The van der Waals surface area contributed by atoms with Crippen LogP contribution in [0.4, 0.5) is 5.69 Å². The number of ether oxygens (including phenoxy) is 1. The predicted octanol–water partition coefficient (Wildman–Crippen LogP) is 1.95. The van der Waals surface area contributed by atoms with E-state index in [2.05, 4.69) is 35.0 Å². The number of benzene rings is 1. The van der Waals surface area contributed by atoms with Gasteiger partial charge in [-0.3, -0.25) is 4.79 Å². The van der Waals surface area contributed by atoms with Gasteiger partial charge in [0.15, 0.2) is 0 Å². The summed E-state index contributed by atoms with van der Waals surface area (Å²) in [6.45, 7) is 9.69. The van der Waals surface area contributed by atoms with Crippen molar-refractivity contribution in [1.29, 1.82) is 0 Å². The zero-order valence-electron chi connectivity index (χ0n) is 14.2. The molecule has 2 aliphatic rings. The van der Waals surface area contributed by atoms with Crippen molar-refractivity contribution in [2.45, 2.75) is 44.8 Å². The average Bonchev–Trinajstić information content (AvgIpc) is 2.73. The number of fused-ring (bicyclic) bond motifs is 1. The maximum Gasteiger partial charge on any atom is 0.234 e. The standard InChI is InChI=1S/C18H27N3O2/c1-12(20-11-14-10-19-7-4-8-23-14)13-5-6-16-15(9-13)18(2,3)17(22)21-16/h5-6,9,12,14,19-20H,4,7-8,10-11H2,1-3H3,(H,21,22). The molecule has 0 radical (unpaired) electrons. The van der Waals surface area contributed by atoms with Gasteiger partial charge < -0.3 is 20.7 Å². The minimum atomic E-state index is -0.459. The Morgan fingerprint density at radius 3 is 3.09 bits per heavy atom. The first-order chi connectivity index (χ1) is 11.0. The summed E-state index contributed by atoms with van der Waals surface area (Å²) >= 11 is 0. The second-order valence-electron chi connectivity index (χ2n) is 7.06. The van der Waals surface area contributed by atoms with Crippen molar-refractivity contribution >= 4 is 11.6 Å². The van der Waals surface area contributed by atoms with E-state index in [1.165, 1.54) is 5.56 Å². The molecule has 0 saturated carbocycles. The van der Waals surface area contributed by atoms with E-state index in [1.54, 1.807) is 0 Å². The second kappa shape index (κ2) is 6.59. The first-order valence-corrected chi connectivity index (χ1v) is 8.50. The number of amides is 1. The van der Waals surface area contributed by atoms with Crippen molar-refractivity contribution < 1.29 is 9.53 Å². The predicted molar refractivity (Wildman–Crippen MR) is 91.7 cm³/mol. The summed E-state index contributed by atoms with van der Waals surface area (Å²) in [7, 11) is 0. The molecule has 2 heterocycles. The number of hydrogen-bond donors (Lipinski definition) is 3. The SMILES string of the molecule is CC(NCC1CNCCCO1)c1ccc2c(c1)C(C)(C)C(=O)N2. The topological polar surface area (TPSA) is 62.4 Å². The lowest BCUT2D eigenvalue weighted by molar-refractivity contribution is -0.119. The van der Waals surface area contributed by atoms with Gasteiger partial charge in [0, 0.05) is 31.4 Å². The highest BCUT2D eigenvalue weighted by Crippen LogP contribution is 2.38. The van der Waals surface area contributed by atoms with Crippen LogP contribution in [0.2, 0.25) is 0 Å². The van der Waals surface area contributed by atoms with Crippen molar-refractivity contribution in [3.63, 3.8) is 0 Å². The fraction of sp³-hybridized carbons (Fsp3) is 0.611. The van der Waals surface area contributed by atoms with Crippen molar-refractivity contribution in [2.75, 3.05) is 31.6 Å². The Labute approximate surface area is 138 Å². The lowest BCUT2D eigenvalue weighted by atomic mass is 9.85. The molecule has 1 aromatic carbocycles. The van der Waals surface area contributed by atoms with Gasteiger partial charge in [0.2, 0.25) is 5.91 Å². The molecule has 1 amide bonds. The molecule has 1 fully saturated rings. The summed E-state index contributed by atoms with van der Waals surface area (Å²) in [5.41, 5.74) is 2.77. The van der Waals surface area contributed by atoms with Crippen LogP contribution in [0.5, 0.6) is 0 Å². The third-order valence-electron chi connectivity index (χ3n) is 4.91. The zero-order chi connectivity index (χ0) is 16.4. The number of anilines is 1. The van der Waals surface area contributed by atoms with Crippen LogP contribution in [-0.2, 0) is 14.9 Å². The lowest BCUT2D eigenvalue weighted by Crippen LogP contribution is -2.36. The minimum absolute atomic E-state index is 0.0724. The molecule has 3 N–H and O–H groups in total. The van der Waals surface area contributed by atoms with E-state index in [9.17, 15) is 4.79 Å². The third kappa shape index (κ3) is 3.42. The van der Waals surface area contributed by atoms with Crippen LogP contribution in [-0.4, -0.2) is 38.3 Å². The van der Waals surface area contributed by atoms with Gasteiger partial charge in [-0.05, 0) is 50.9 Å². The van der Waals surface area contributed by atoms with Gasteiger partial charge in [0.25, 0.3) is 0 Å². The molecule has 1 saturated heterocycles. The van der Waals surface area contributed by atoms with E-state index >= 15 is 0 Å². The van der Waals surface area contributed by atoms with Crippen molar-refractivity contribution in [3.8, 4) is 0 Å². The molecule has 2 atom stereocenters. The molecular weight excluding hydrogens is 290 g/mol. The summed E-state index contributed by atoms with van der Waals surface area (Å²) in [4.78, 5) is 12.0. The van der Waals surface area contributed by atoms with Gasteiger partial charge in [-0.1, -0.05) is 12.1 Å². The molecule has 0 aromatic heterocycles. The van der Waals surface area contributed by atoms with E-state index in [1.807, 2.05) is 19.9 Å². The van der Waals surface area contributed by atoms with E-state index in [0.717, 1.165) is 43.9 Å². The maximum absolute atomic E-state index is 12.0. The molecule has 0 bridgehead atoms. The van der Waals surface area contributed by atoms with Gasteiger partial charge in [0.1, 0.15) is 0 Å². The monoisotopic (exact) mass is 317 g/mol. The van der Waals surface area contributed by atoms with Crippen LogP contribution in [0.3, 0.4) is 0 Å². The number of rotatable bonds is 4. The first kappa shape index (κ1) is 16.4. The van der Waals surface area contributed by atoms with E-state index in [4.69, 9.17) is 4.74 Å². The normalized spacial score (nSPS) is 24.7. The number of carbonyl (C=O) groups excluding carboxylic acids is 1. The summed E-state index contributed by atoms with van der Waals surface area (Å²) in [5.74, 6) is 0.0724. The molecular formula is C18H27N3O2. The first-order valence-electron chi connectivity index (χ1n) is 8.50. The van der Waals surface area contributed by atoms with Gasteiger partial charge in [-0.25, -0.2) is 0 Å². The molecule has 1 aromatic rings. The minimum Gasteiger partial charge on any atom is -0.376 e. The Morgan fingerprint density at radius 2 is 2.26 bits per heavy atom. The van der Waals surface area contributed by atoms with Crippen molar-refractivity contribution in [2.24, 2.45) is 0 Å². The van der Waals surface area contributed by atoms with Crippen LogP contribution in [0.1, 0.15) is 44.4 Å². The van der Waals surface area contributed by atoms with Crippen LogP contribution < -0.4 is 16.0 Å². The molecule has 23 heavy (non-hydrogen) atoms. The van der Waals surface area contributed by atoms with Crippen molar-refractivity contribution in [1.82, 2.24) is 10.6 Å². The Bertz CT molecular complexity index is 578. The Hall–Kier alpha value is -1.43. The second-order valence-corrected chi connectivity index (χ2v) is 7.06. The fourth-order valence-corrected chi connectivity index (χ4v) is 3.18. The van der Waals surface area contributed by atoms with Gasteiger partial charge >= 0.3 is 0 Å². The summed E-state index contributed by atoms with van der Waals surface area (Å²) in [5, 5.41) is 9.91. The number of nitrogens with one attached hydrogen (secondary N) is 3. The van der Waals surface area contributed by atoms with Gasteiger partial charge in [0.05, 0.1) is 11.5 Å². The zero-order valence-corrected chi connectivity index (χ0v) is 14.2. The average molecular weight is 317 g/mol. The fourth-order valence-electron chi connectivity index (χ4n) is 3.18. The van der Waals surface area contributed by atoms with Crippen LogP contribution in [0.25, 0.3) is 0 Å². The van der Waals surface area contributed by atoms with E-state index in [-0.39, 0.29) is 18.1 Å². The highest BCUT2D eigenvalue weighted by Gasteiger charge is 2.38. The Kier molecular flexibility index (Phi) is 4.71. The third-order valence-corrected chi connectivity index (χ3v) is 4.91. The van der Waals surface area contributed by atoms with Crippen LogP contribution >= 0.6 is 0 Å². The molecule has 5 heteroatoms. The quantitative estimate of drug-likeness (QED) is 0.794. The highest BCUT2D eigenvalue weighted by atomic mass is 16.5. The Balaban J connectivity index is 1.65. The van der Waals surface area contributed by atoms with Gasteiger partial charge in [-0.2, -0.15) is 0 Å². The molecule has 0 spiro atoms. The summed E-state index contributed by atoms with van der Waals surface area (Å²) in [6, 6.07) is 6.47. The van der Waals surface area contributed by atoms with E-state index < -0.39 is 5.41 Å². The van der Waals surface area contributed by atoms with Crippen LogP contribution in [0, 0.1) is 0 Å². The van der Waals surface area contributed by atoms with E-state index in [0.29, 0.717) is 0 Å². The summed E-state index contributed by atoms with van der Waals surface area (Å²) < 4.78 is 5.83. The molecule has 126 valence electrons. The number of carbonyl (C=O) groups is 1. The molecule has 5 nitrogen and oxygen atoms in total. The molecule has 0 aliphatic carbocycles. The maximum atomic E-state index is 12.0. The molecule has 2 unspecified atom stereocenters. The summed E-state index contributed by atoms with van der Waals surface area (Å²) in [6.07, 6.45) is 1.29. The van der Waals surface area contributed by atoms with Crippen molar-refractivity contribution in [3.05, 3.63) is 29.3 Å². The molecule has 2 aliphatic heterocycles. The number of hydrogen-bond acceptors (Lipinski definition) is 4. The highest BCUT2D eigenvalue weighted by molar-refractivity contribution is 6.05. The largest absolute Gasteiger partial charge is 0.376 e. The Morgan fingerprint density at radius 1 is 1.43 bits per heavy atom. The smallest absolute Gasteiger partial charge is 0.234 e. The lowest BCUT2D eigenvalue weighted by Gasteiger charge is -2.21. The molecule has 3 rings (SSSR count).